The predicted molar refractivity (Wildman–Crippen MR) is 99.9 cm³/mol. The zero-order chi connectivity index (χ0) is 18.5. The molecule has 1 aromatic carbocycles. The highest BCUT2D eigenvalue weighted by molar-refractivity contribution is 7.13. The molecule has 2 N–H and O–H groups in total. The number of ether oxygens (including phenoxy) is 1. The van der Waals surface area contributed by atoms with Gasteiger partial charge in [-0.3, -0.25) is 9.59 Å². The number of nitrogens with zero attached hydrogens (tertiary/aromatic N) is 2. The molecule has 1 atom stereocenters. The van der Waals surface area contributed by atoms with E-state index >= 15 is 0 Å². The van der Waals surface area contributed by atoms with Gasteiger partial charge in [-0.05, 0) is 68.5 Å². The van der Waals surface area contributed by atoms with Gasteiger partial charge in [-0.1, -0.05) is 0 Å². The van der Waals surface area contributed by atoms with Crippen LogP contribution in [0.5, 0.6) is 5.75 Å². The van der Waals surface area contributed by atoms with E-state index in [1.807, 2.05) is 25.1 Å². The second kappa shape index (κ2) is 8.46. The number of amides is 1. The Kier molecular flexibility index (Phi) is 6.05. The lowest BCUT2D eigenvalue weighted by Crippen LogP contribution is -2.57. The average molecular weight is 377 g/mol. The Hall–Kier alpha value is -2.19. The van der Waals surface area contributed by atoms with Crippen LogP contribution in [0.4, 0.5) is 0 Å². The molecule has 140 valence electrons. The molecule has 0 saturated carbocycles. The largest absolute Gasteiger partial charge is 0.494 e. The van der Waals surface area contributed by atoms with Gasteiger partial charge in [0.15, 0.2) is 0 Å². The molecule has 4 heterocycles. The first-order chi connectivity index (χ1) is 12.7. The van der Waals surface area contributed by atoms with Gasteiger partial charge in [0.25, 0.3) is 12.4 Å². The lowest BCUT2D eigenvalue weighted by Gasteiger charge is -2.44. The second-order valence-electron chi connectivity index (χ2n) is 6.45. The third kappa shape index (κ3) is 3.96. The van der Waals surface area contributed by atoms with Crippen molar-refractivity contribution >= 4 is 34.0 Å². The van der Waals surface area contributed by atoms with Gasteiger partial charge < -0.3 is 20.1 Å². The van der Waals surface area contributed by atoms with Crippen molar-refractivity contribution in [3.63, 3.8) is 0 Å². The normalized spacial score (nSPS) is 23.8. The van der Waals surface area contributed by atoms with Gasteiger partial charge in [0.05, 0.1) is 11.3 Å². The molecule has 0 spiro atoms. The molecule has 2 bridgehead atoms. The summed E-state index contributed by atoms with van der Waals surface area (Å²) in [5, 5.41) is 11.0. The van der Waals surface area contributed by atoms with Crippen molar-refractivity contribution in [1.82, 2.24) is 14.6 Å². The molecule has 3 fully saturated rings. The molecule has 8 heteroatoms. The van der Waals surface area contributed by atoms with Gasteiger partial charge in [-0.15, -0.1) is 0 Å². The number of rotatable bonds is 4. The fourth-order valence-electron chi connectivity index (χ4n) is 3.70. The summed E-state index contributed by atoms with van der Waals surface area (Å²) in [5.74, 6) is 1.41. The molecule has 3 aliphatic heterocycles. The van der Waals surface area contributed by atoms with Crippen molar-refractivity contribution in [2.24, 2.45) is 5.92 Å². The van der Waals surface area contributed by atoms with Crippen LogP contribution in [0, 0.1) is 5.92 Å². The SMILES string of the molecule is CCOc1ccc2c(C(=O)N[C@H]3CN4CCC3CC4)nsc2c1.O=CO. The minimum atomic E-state index is -0.250. The average Bonchev–Trinajstić information content (AvgIpc) is 3.07. The topological polar surface area (TPSA) is 91.8 Å². The lowest BCUT2D eigenvalue weighted by atomic mass is 9.84. The summed E-state index contributed by atoms with van der Waals surface area (Å²) < 4.78 is 10.9. The van der Waals surface area contributed by atoms with E-state index in [2.05, 4.69) is 14.6 Å². The number of carbonyl (C=O) groups is 2. The van der Waals surface area contributed by atoms with Gasteiger partial charge >= 0.3 is 0 Å². The smallest absolute Gasteiger partial charge is 0.290 e. The fraction of sp³-hybridized carbons (Fsp3) is 0.500. The number of hydrogen-bond acceptors (Lipinski definition) is 6. The Bertz CT molecular complexity index is 771. The molecular weight excluding hydrogens is 354 g/mol. The molecule has 0 radical (unpaired) electrons. The Morgan fingerprint density at radius 3 is 2.81 bits per heavy atom. The maximum absolute atomic E-state index is 12.7. The standard InChI is InChI=1S/C17H21N3O2S.CH2O2/c1-2-22-12-3-4-13-15(9-12)23-19-16(13)17(21)18-14-10-20-7-5-11(14)6-8-20;2-1-3/h3-4,9,11,14H,2,5-8,10H2,1H3,(H,18,21);1H,(H,2,3)/t14-;/m0./s1. The highest BCUT2D eigenvalue weighted by atomic mass is 32.1. The fourth-order valence-corrected chi connectivity index (χ4v) is 4.51. The highest BCUT2D eigenvalue weighted by Gasteiger charge is 2.35. The van der Waals surface area contributed by atoms with Crippen LogP contribution in [0.25, 0.3) is 10.1 Å². The number of piperidine rings is 3. The van der Waals surface area contributed by atoms with Crippen molar-refractivity contribution in [3.8, 4) is 5.75 Å². The van der Waals surface area contributed by atoms with E-state index in [1.54, 1.807) is 0 Å². The number of hydrogen-bond donors (Lipinski definition) is 2. The molecule has 3 saturated heterocycles. The van der Waals surface area contributed by atoms with Crippen molar-refractivity contribution in [2.45, 2.75) is 25.8 Å². The molecule has 0 aliphatic carbocycles. The summed E-state index contributed by atoms with van der Waals surface area (Å²) >= 11 is 1.36. The van der Waals surface area contributed by atoms with E-state index in [1.165, 1.54) is 37.5 Å². The summed E-state index contributed by atoms with van der Waals surface area (Å²) in [4.78, 5) is 23.5. The molecular formula is C18H23N3O4S. The maximum atomic E-state index is 12.7. The van der Waals surface area contributed by atoms with Crippen LogP contribution in [0.2, 0.25) is 0 Å². The summed E-state index contributed by atoms with van der Waals surface area (Å²) in [6.07, 6.45) is 2.39. The van der Waals surface area contributed by atoms with Crippen molar-refractivity contribution < 1.29 is 19.4 Å². The number of fused-ring (bicyclic) bond motifs is 4. The monoisotopic (exact) mass is 377 g/mol. The lowest BCUT2D eigenvalue weighted by molar-refractivity contribution is -0.122. The van der Waals surface area contributed by atoms with E-state index in [0.29, 0.717) is 18.2 Å². The Morgan fingerprint density at radius 2 is 2.19 bits per heavy atom. The summed E-state index contributed by atoms with van der Waals surface area (Å²) in [6.45, 7) is 5.68. The van der Waals surface area contributed by atoms with Crippen LogP contribution in [-0.2, 0) is 4.79 Å². The number of aromatic nitrogens is 1. The Balaban J connectivity index is 0.000000613. The van der Waals surface area contributed by atoms with Gasteiger partial charge in [0.1, 0.15) is 11.4 Å². The van der Waals surface area contributed by atoms with Gasteiger partial charge in [-0.2, -0.15) is 4.37 Å². The van der Waals surface area contributed by atoms with Crippen LogP contribution < -0.4 is 10.1 Å². The van der Waals surface area contributed by atoms with Crippen LogP contribution in [0.3, 0.4) is 0 Å². The highest BCUT2D eigenvalue weighted by Crippen LogP contribution is 2.29. The van der Waals surface area contributed by atoms with Crippen molar-refractivity contribution in [2.75, 3.05) is 26.2 Å². The third-order valence-electron chi connectivity index (χ3n) is 4.94. The second-order valence-corrected chi connectivity index (χ2v) is 7.25. The van der Waals surface area contributed by atoms with Crippen LogP contribution in [0.1, 0.15) is 30.3 Å². The number of nitrogens with one attached hydrogen (secondary N) is 1. The van der Waals surface area contributed by atoms with Gasteiger partial charge in [0.2, 0.25) is 0 Å². The van der Waals surface area contributed by atoms with Crippen LogP contribution >= 0.6 is 11.5 Å². The Labute approximate surface area is 156 Å². The molecule has 2 aromatic rings. The van der Waals surface area contributed by atoms with Crippen LogP contribution in [0.15, 0.2) is 18.2 Å². The molecule has 0 unspecified atom stereocenters. The number of benzene rings is 1. The minimum absolute atomic E-state index is 0.0424. The first-order valence-electron chi connectivity index (χ1n) is 8.79. The third-order valence-corrected chi connectivity index (χ3v) is 5.75. The number of carboxylic acid groups (broad SMARTS) is 1. The van der Waals surface area contributed by atoms with E-state index in [9.17, 15) is 4.79 Å². The zero-order valence-corrected chi connectivity index (χ0v) is 15.5. The molecule has 1 aromatic heterocycles. The first kappa shape index (κ1) is 18.6. The first-order valence-corrected chi connectivity index (χ1v) is 9.57. The van der Waals surface area contributed by atoms with E-state index in [-0.39, 0.29) is 18.4 Å². The van der Waals surface area contributed by atoms with E-state index in [0.717, 1.165) is 22.4 Å². The Morgan fingerprint density at radius 1 is 1.46 bits per heavy atom. The molecule has 3 aliphatic rings. The summed E-state index contributed by atoms with van der Waals surface area (Å²) in [6, 6.07) is 6.08. The van der Waals surface area contributed by atoms with Gasteiger partial charge in [0, 0.05) is 18.0 Å². The van der Waals surface area contributed by atoms with E-state index in [4.69, 9.17) is 14.6 Å². The van der Waals surface area contributed by atoms with Crippen LogP contribution in [-0.4, -0.2) is 59.0 Å². The minimum Gasteiger partial charge on any atom is -0.494 e. The van der Waals surface area contributed by atoms with Crippen molar-refractivity contribution in [1.29, 1.82) is 0 Å². The van der Waals surface area contributed by atoms with Gasteiger partial charge in [-0.25, -0.2) is 0 Å². The number of carbonyl (C=O) groups excluding carboxylic acids is 1. The maximum Gasteiger partial charge on any atom is 0.290 e. The molecule has 26 heavy (non-hydrogen) atoms. The van der Waals surface area contributed by atoms with Crippen molar-refractivity contribution in [3.05, 3.63) is 23.9 Å². The summed E-state index contributed by atoms with van der Waals surface area (Å²) in [5.41, 5.74) is 0.546. The molecule has 5 rings (SSSR count). The zero-order valence-electron chi connectivity index (χ0n) is 14.7. The predicted octanol–water partition coefficient (Wildman–Crippen LogP) is 2.22. The quantitative estimate of drug-likeness (QED) is 0.794. The van der Waals surface area contributed by atoms with E-state index < -0.39 is 0 Å². The summed E-state index contributed by atoms with van der Waals surface area (Å²) in [7, 11) is 0. The molecule has 1 amide bonds. The molecule has 7 nitrogen and oxygen atoms in total.